The van der Waals surface area contributed by atoms with Crippen LogP contribution in [0.3, 0.4) is 0 Å². The second kappa shape index (κ2) is 11.2. The molecule has 0 fully saturated rings. The van der Waals surface area contributed by atoms with Gasteiger partial charge in [0.05, 0.1) is 6.61 Å². The number of aryl methyl sites for hydroxylation is 2. The number of ether oxygens (including phenoxy) is 2. The summed E-state index contributed by atoms with van der Waals surface area (Å²) in [6, 6.07) is 20.2. The standard InChI is InChI=1S/C27H25ClN2O3/c1-4-32-25-10-8-24(9-11-25)30-27(31)22(16-29)14-21-15-23(28)7-12-26(21)33-17-20-6-5-18(2)19(3)13-20/h5-15H,4,17H2,1-3H3,(H,30,31)/b22-14+. The molecule has 0 aliphatic heterocycles. The van der Waals surface area contributed by atoms with Crippen molar-refractivity contribution in [3.63, 3.8) is 0 Å². The summed E-state index contributed by atoms with van der Waals surface area (Å²) in [6.07, 6.45) is 1.48. The number of anilines is 1. The van der Waals surface area contributed by atoms with E-state index in [-0.39, 0.29) is 5.57 Å². The van der Waals surface area contributed by atoms with Crippen molar-refractivity contribution in [1.29, 1.82) is 5.26 Å². The van der Waals surface area contributed by atoms with Crippen LogP contribution in [0.1, 0.15) is 29.2 Å². The predicted octanol–water partition coefficient (Wildman–Crippen LogP) is 6.48. The van der Waals surface area contributed by atoms with Crippen molar-refractivity contribution >= 4 is 29.3 Å². The molecule has 3 aromatic carbocycles. The summed E-state index contributed by atoms with van der Waals surface area (Å²) >= 11 is 6.17. The molecule has 0 radical (unpaired) electrons. The van der Waals surface area contributed by atoms with Gasteiger partial charge >= 0.3 is 0 Å². The van der Waals surface area contributed by atoms with E-state index in [2.05, 4.69) is 31.3 Å². The van der Waals surface area contributed by atoms with Crippen molar-refractivity contribution in [2.45, 2.75) is 27.4 Å². The van der Waals surface area contributed by atoms with E-state index in [0.717, 1.165) is 5.56 Å². The van der Waals surface area contributed by atoms with Crippen LogP contribution in [0, 0.1) is 25.2 Å². The number of hydrogen-bond acceptors (Lipinski definition) is 4. The second-order valence-electron chi connectivity index (χ2n) is 7.47. The topological polar surface area (TPSA) is 71.3 Å². The molecular formula is C27H25ClN2O3. The molecule has 3 aromatic rings. The van der Waals surface area contributed by atoms with Crippen LogP contribution in [-0.4, -0.2) is 12.5 Å². The lowest BCUT2D eigenvalue weighted by Crippen LogP contribution is -2.13. The SMILES string of the molecule is CCOc1ccc(NC(=O)/C(C#N)=C/c2cc(Cl)ccc2OCc2ccc(C)c(C)c2)cc1. The third kappa shape index (κ3) is 6.61. The average Bonchev–Trinajstić information content (AvgIpc) is 2.80. The van der Waals surface area contributed by atoms with Gasteiger partial charge in [-0.15, -0.1) is 0 Å². The number of carbonyl (C=O) groups excluding carboxylic acids is 1. The molecule has 1 amide bonds. The molecule has 6 heteroatoms. The van der Waals surface area contributed by atoms with Crippen molar-refractivity contribution in [2.75, 3.05) is 11.9 Å². The van der Waals surface area contributed by atoms with Gasteiger partial charge < -0.3 is 14.8 Å². The molecule has 0 aliphatic rings. The Hall–Kier alpha value is -3.75. The van der Waals surface area contributed by atoms with Crippen molar-refractivity contribution in [3.8, 4) is 17.6 Å². The summed E-state index contributed by atoms with van der Waals surface area (Å²) < 4.78 is 11.4. The molecule has 1 N–H and O–H groups in total. The summed E-state index contributed by atoms with van der Waals surface area (Å²) in [4.78, 5) is 12.7. The number of hydrogen-bond donors (Lipinski definition) is 1. The maximum atomic E-state index is 12.7. The molecule has 33 heavy (non-hydrogen) atoms. The molecule has 5 nitrogen and oxygen atoms in total. The van der Waals surface area contributed by atoms with E-state index in [4.69, 9.17) is 21.1 Å². The lowest BCUT2D eigenvalue weighted by atomic mass is 10.1. The zero-order chi connectivity index (χ0) is 23.8. The Morgan fingerprint density at radius 1 is 1.03 bits per heavy atom. The van der Waals surface area contributed by atoms with Crippen LogP contribution in [-0.2, 0) is 11.4 Å². The Balaban J connectivity index is 1.79. The van der Waals surface area contributed by atoms with Gasteiger partial charge in [-0.1, -0.05) is 29.8 Å². The van der Waals surface area contributed by atoms with E-state index in [1.165, 1.54) is 17.2 Å². The first-order valence-corrected chi connectivity index (χ1v) is 10.9. The Kier molecular flexibility index (Phi) is 8.12. The summed E-state index contributed by atoms with van der Waals surface area (Å²) in [5, 5.41) is 12.8. The Labute approximate surface area is 199 Å². The maximum Gasteiger partial charge on any atom is 0.266 e. The number of rotatable bonds is 8. The van der Waals surface area contributed by atoms with Gasteiger partial charge in [0, 0.05) is 16.3 Å². The van der Waals surface area contributed by atoms with Gasteiger partial charge in [-0.05, 0) is 86.0 Å². The molecule has 0 spiro atoms. The molecular weight excluding hydrogens is 436 g/mol. The van der Waals surface area contributed by atoms with Crippen LogP contribution >= 0.6 is 11.6 Å². The van der Waals surface area contributed by atoms with Gasteiger partial charge in [-0.2, -0.15) is 5.26 Å². The van der Waals surface area contributed by atoms with E-state index >= 15 is 0 Å². The number of benzene rings is 3. The lowest BCUT2D eigenvalue weighted by Gasteiger charge is -2.12. The zero-order valence-electron chi connectivity index (χ0n) is 18.8. The minimum atomic E-state index is -0.526. The van der Waals surface area contributed by atoms with Gasteiger partial charge in [0.1, 0.15) is 29.7 Å². The summed E-state index contributed by atoms with van der Waals surface area (Å²) in [7, 11) is 0. The fraction of sp³-hybridized carbons (Fsp3) is 0.185. The highest BCUT2D eigenvalue weighted by Crippen LogP contribution is 2.27. The van der Waals surface area contributed by atoms with Gasteiger partial charge in [0.2, 0.25) is 0 Å². The van der Waals surface area contributed by atoms with E-state index in [9.17, 15) is 10.1 Å². The van der Waals surface area contributed by atoms with Gasteiger partial charge in [0.15, 0.2) is 0 Å². The quantitative estimate of drug-likeness (QED) is 0.308. The molecule has 0 unspecified atom stereocenters. The molecule has 0 heterocycles. The predicted molar refractivity (Wildman–Crippen MR) is 132 cm³/mol. The van der Waals surface area contributed by atoms with E-state index in [0.29, 0.717) is 41.0 Å². The number of halogens is 1. The van der Waals surface area contributed by atoms with Crippen LogP contribution in [0.25, 0.3) is 6.08 Å². The molecule has 3 rings (SSSR count). The first-order valence-electron chi connectivity index (χ1n) is 10.5. The highest BCUT2D eigenvalue weighted by molar-refractivity contribution is 6.30. The first-order chi connectivity index (χ1) is 15.9. The van der Waals surface area contributed by atoms with Gasteiger partial charge in [-0.3, -0.25) is 4.79 Å². The van der Waals surface area contributed by atoms with Crippen LogP contribution in [0.4, 0.5) is 5.69 Å². The molecule has 0 atom stereocenters. The third-order valence-electron chi connectivity index (χ3n) is 5.03. The number of amides is 1. The molecule has 0 aliphatic carbocycles. The molecule has 168 valence electrons. The summed E-state index contributed by atoms with van der Waals surface area (Å²) in [5.74, 6) is 0.706. The average molecular weight is 461 g/mol. The minimum absolute atomic E-state index is 0.0674. The lowest BCUT2D eigenvalue weighted by molar-refractivity contribution is -0.112. The Bertz CT molecular complexity index is 1210. The van der Waals surface area contributed by atoms with Crippen LogP contribution in [0.15, 0.2) is 66.2 Å². The molecule has 0 saturated heterocycles. The highest BCUT2D eigenvalue weighted by atomic mass is 35.5. The summed E-state index contributed by atoms with van der Waals surface area (Å²) in [6.45, 7) is 6.92. The highest BCUT2D eigenvalue weighted by Gasteiger charge is 2.12. The summed E-state index contributed by atoms with van der Waals surface area (Å²) in [5.41, 5.74) is 4.46. The fourth-order valence-corrected chi connectivity index (χ4v) is 3.30. The smallest absolute Gasteiger partial charge is 0.266 e. The van der Waals surface area contributed by atoms with Crippen LogP contribution in [0.5, 0.6) is 11.5 Å². The van der Waals surface area contributed by atoms with Crippen LogP contribution < -0.4 is 14.8 Å². The third-order valence-corrected chi connectivity index (χ3v) is 5.26. The van der Waals surface area contributed by atoms with Crippen molar-refractivity contribution in [2.24, 2.45) is 0 Å². The minimum Gasteiger partial charge on any atom is -0.494 e. The number of nitrogens with zero attached hydrogens (tertiary/aromatic N) is 1. The largest absolute Gasteiger partial charge is 0.494 e. The first kappa shape index (κ1) is 23.9. The fourth-order valence-electron chi connectivity index (χ4n) is 3.12. The van der Waals surface area contributed by atoms with Crippen molar-refractivity contribution < 1.29 is 14.3 Å². The maximum absolute atomic E-state index is 12.7. The Morgan fingerprint density at radius 2 is 1.79 bits per heavy atom. The Morgan fingerprint density at radius 3 is 2.45 bits per heavy atom. The van der Waals surface area contributed by atoms with E-state index in [1.54, 1.807) is 42.5 Å². The molecule has 0 aromatic heterocycles. The number of carbonyl (C=O) groups is 1. The van der Waals surface area contributed by atoms with Gasteiger partial charge in [-0.25, -0.2) is 0 Å². The van der Waals surface area contributed by atoms with Crippen molar-refractivity contribution in [1.82, 2.24) is 0 Å². The molecule has 0 bridgehead atoms. The normalized spacial score (nSPS) is 10.9. The zero-order valence-corrected chi connectivity index (χ0v) is 19.6. The second-order valence-corrected chi connectivity index (χ2v) is 7.91. The van der Waals surface area contributed by atoms with Crippen LogP contribution in [0.2, 0.25) is 5.02 Å². The molecule has 0 saturated carbocycles. The monoisotopic (exact) mass is 460 g/mol. The van der Waals surface area contributed by atoms with Crippen molar-refractivity contribution in [3.05, 3.63) is 93.5 Å². The number of nitrogens with one attached hydrogen (secondary N) is 1. The van der Waals surface area contributed by atoms with Gasteiger partial charge in [0.25, 0.3) is 5.91 Å². The number of nitriles is 1. The van der Waals surface area contributed by atoms with E-state index in [1.807, 2.05) is 19.1 Å². The van der Waals surface area contributed by atoms with E-state index < -0.39 is 5.91 Å².